The first-order valence-electron chi connectivity index (χ1n) is 4.54. The van der Waals surface area contributed by atoms with Crippen LogP contribution in [-0.2, 0) is 0 Å². The summed E-state index contributed by atoms with van der Waals surface area (Å²) in [5, 5.41) is 18.7. The lowest BCUT2D eigenvalue weighted by Gasteiger charge is -2.03. The Morgan fingerprint density at radius 1 is 1.31 bits per heavy atom. The van der Waals surface area contributed by atoms with Gasteiger partial charge < -0.3 is 9.84 Å². The summed E-state index contributed by atoms with van der Waals surface area (Å²) in [4.78, 5) is 10.9. The minimum Gasteiger partial charge on any atom is -0.478 e. The molecule has 78 valence electrons. The first kappa shape index (κ1) is 9.99. The maximum absolute atomic E-state index is 10.9. The van der Waals surface area contributed by atoms with Gasteiger partial charge in [0.1, 0.15) is 5.75 Å². The summed E-state index contributed by atoms with van der Waals surface area (Å²) in [6.45, 7) is 0. The van der Waals surface area contributed by atoms with Crippen molar-refractivity contribution in [1.82, 2.24) is 0 Å². The van der Waals surface area contributed by atoms with E-state index in [4.69, 9.17) is 10.4 Å². The molecule has 1 N–H and O–H groups in total. The van der Waals surface area contributed by atoms with Gasteiger partial charge in [-0.1, -0.05) is 12.1 Å². The number of fused-ring (bicyclic) bond motifs is 1. The molecule has 2 aromatic rings. The van der Waals surface area contributed by atoms with Gasteiger partial charge in [-0.2, -0.15) is 0 Å². The van der Waals surface area contributed by atoms with E-state index >= 15 is 0 Å². The Kier molecular flexibility index (Phi) is 2.44. The van der Waals surface area contributed by atoms with Gasteiger partial charge in [0, 0.05) is 0 Å². The average Bonchev–Trinajstić information content (AvgIpc) is 2.28. The minimum atomic E-state index is -0.973. The highest BCUT2D eigenvalue weighted by atomic mass is 16.5. The molecule has 0 aliphatic carbocycles. The lowest BCUT2D eigenvalue weighted by molar-refractivity contribution is 0.0699. The highest BCUT2D eigenvalue weighted by Gasteiger charge is 2.08. The largest absolute Gasteiger partial charge is 0.478 e. The number of aromatic carboxylic acids is 1. The Morgan fingerprint density at radius 3 is 2.81 bits per heavy atom. The fourth-order valence-electron chi connectivity index (χ4n) is 1.56. The summed E-state index contributed by atoms with van der Waals surface area (Å²) in [5.41, 5.74) is 0.237. The molecule has 0 spiro atoms. The number of hydrogen-bond donors (Lipinski definition) is 1. The molecule has 4 nitrogen and oxygen atoms in total. The summed E-state index contributed by atoms with van der Waals surface area (Å²) >= 11 is 0. The van der Waals surface area contributed by atoms with E-state index in [0.717, 1.165) is 5.39 Å². The van der Waals surface area contributed by atoms with Crippen molar-refractivity contribution in [3.8, 4) is 12.0 Å². The van der Waals surface area contributed by atoms with Gasteiger partial charge in [0.2, 0.25) is 0 Å². The number of nitriles is 1. The lowest BCUT2D eigenvalue weighted by atomic mass is 10.0. The van der Waals surface area contributed by atoms with Crippen LogP contribution in [0.1, 0.15) is 10.4 Å². The molecule has 16 heavy (non-hydrogen) atoms. The first-order valence-corrected chi connectivity index (χ1v) is 4.54. The Bertz CT molecular complexity index is 599. The standard InChI is InChI=1S/C12H7NO3/c13-7-16-9-4-5-10-8(6-9)2-1-3-11(10)12(14)15/h1-6H,(H,14,15). The number of benzene rings is 2. The predicted octanol–water partition coefficient (Wildman–Crippen LogP) is 2.40. The molecule has 2 rings (SSSR count). The van der Waals surface area contributed by atoms with Gasteiger partial charge in [-0.15, -0.1) is 5.26 Å². The maximum Gasteiger partial charge on any atom is 0.336 e. The number of hydrogen-bond acceptors (Lipinski definition) is 3. The van der Waals surface area contributed by atoms with E-state index in [-0.39, 0.29) is 5.56 Å². The normalized spacial score (nSPS) is 9.69. The SMILES string of the molecule is N#COc1ccc2c(C(=O)O)cccc2c1. The van der Waals surface area contributed by atoms with Gasteiger partial charge in [0.15, 0.2) is 0 Å². The molecule has 0 radical (unpaired) electrons. The summed E-state index contributed by atoms with van der Waals surface area (Å²) in [6, 6.07) is 9.79. The molecule has 0 saturated carbocycles. The minimum absolute atomic E-state index is 0.237. The van der Waals surface area contributed by atoms with Gasteiger partial charge in [0.25, 0.3) is 6.26 Å². The van der Waals surface area contributed by atoms with Crippen LogP contribution >= 0.6 is 0 Å². The van der Waals surface area contributed by atoms with Crippen molar-refractivity contribution in [3.05, 3.63) is 42.0 Å². The fraction of sp³-hybridized carbons (Fsp3) is 0. The Balaban J connectivity index is 2.65. The predicted molar refractivity (Wildman–Crippen MR) is 57.1 cm³/mol. The number of carboxylic acid groups (broad SMARTS) is 1. The molecule has 0 bridgehead atoms. The summed E-state index contributed by atoms with van der Waals surface area (Å²) in [7, 11) is 0. The Hall–Kier alpha value is -2.54. The van der Waals surface area contributed by atoms with Gasteiger partial charge in [0.05, 0.1) is 5.56 Å². The molecule has 2 aromatic carbocycles. The molecule has 0 amide bonds. The highest BCUT2D eigenvalue weighted by Crippen LogP contribution is 2.23. The van der Waals surface area contributed by atoms with Crippen molar-refractivity contribution in [2.75, 3.05) is 0 Å². The van der Waals surface area contributed by atoms with Crippen LogP contribution in [-0.4, -0.2) is 11.1 Å². The van der Waals surface area contributed by atoms with Crippen LogP contribution in [0, 0.1) is 11.5 Å². The molecule has 0 aliphatic rings. The van der Waals surface area contributed by atoms with Crippen molar-refractivity contribution in [3.63, 3.8) is 0 Å². The Labute approximate surface area is 91.3 Å². The van der Waals surface area contributed by atoms with E-state index in [1.54, 1.807) is 36.6 Å². The monoisotopic (exact) mass is 213 g/mol. The quantitative estimate of drug-likeness (QED) is 0.777. The van der Waals surface area contributed by atoms with E-state index in [0.29, 0.717) is 11.1 Å². The number of carboxylic acids is 1. The molecular formula is C12H7NO3. The van der Waals surface area contributed by atoms with Gasteiger partial charge >= 0.3 is 5.97 Å². The number of carbonyl (C=O) groups is 1. The zero-order valence-corrected chi connectivity index (χ0v) is 8.18. The summed E-state index contributed by atoms with van der Waals surface area (Å²) in [5.74, 6) is -0.572. The smallest absolute Gasteiger partial charge is 0.336 e. The lowest BCUT2D eigenvalue weighted by Crippen LogP contribution is -1.97. The molecular weight excluding hydrogens is 206 g/mol. The van der Waals surface area contributed by atoms with Crippen molar-refractivity contribution in [2.24, 2.45) is 0 Å². The fourth-order valence-corrected chi connectivity index (χ4v) is 1.56. The molecule has 0 unspecified atom stereocenters. The van der Waals surface area contributed by atoms with Gasteiger partial charge in [-0.3, -0.25) is 0 Å². The number of rotatable bonds is 2. The first-order chi connectivity index (χ1) is 7.72. The molecule has 0 aromatic heterocycles. The molecule has 0 saturated heterocycles. The van der Waals surface area contributed by atoms with Crippen LogP contribution in [0.2, 0.25) is 0 Å². The number of nitrogens with zero attached hydrogens (tertiary/aromatic N) is 1. The second-order valence-corrected chi connectivity index (χ2v) is 3.19. The van der Waals surface area contributed by atoms with Crippen LogP contribution in [0.4, 0.5) is 0 Å². The maximum atomic E-state index is 10.9. The summed E-state index contributed by atoms with van der Waals surface area (Å²) < 4.78 is 4.67. The Morgan fingerprint density at radius 2 is 2.12 bits per heavy atom. The molecule has 0 atom stereocenters. The van der Waals surface area contributed by atoms with Gasteiger partial charge in [-0.05, 0) is 35.0 Å². The van der Waals surface area contributed by atoms with Crippen LogP contribution in [0.25, 0.3) is 10.8 Å². The van der Waals surface area contributed by atoms with Crippen LogP contribution in [0.15, 0.2) is 36.4 Å². The van der Waals surface area contributed by atoms with Crippen LogP contribution in [0.3, 0.4) is 0 Å². The molecule has 0 heterocycles. The van der Waals surface area contributed by atoms with Gasteiger partial charge in [-0.25, -0.2) is 4.79 Å². The van der Waals surface area contributed by atoms with E-state index in [2.05, 4.69) is 4.74 Å². The van der Waals surface area contributed by atoms with Crippen molar-refractivity contribution < 1.29 is 14.6 Å². The van der Waals surface area contributed by atoms with E-state index in [1.807, 2.05) is 0 Å². The molecule has 4 heteroatoms. The third kappa shape index (κ3) is 1.66. The van der Waals surface area contributed by atoms with Crippen LogP contribution < -0.4 is 4.74 Å². The highest BCUT2D eigenvalue weighted by molar-refractivity contribution is 6.03. The third-order valence-electron chi connectivity index (χ3n) is 2.25. The topological polar surface area (TPSA) is 70.3 Å². The second kappa shape index (κ2) is 3.91. The second-order valence-electron chi connectivity index (χ2n) is 3.19. The van der Waals surface area contributed by atoms with Crippen molar-refractivity contribution in [2.45, 2.75) is 0 Å². The van der Waals surface area contributed by atoms with E-state index in [9.17, 15) is 4.79 Å². The molecule has 0 fully saturated rings. The zero-order chi connectivity index (χ0) is 11.5. The van der Waals surface area contributed by atoms with E-state index < -0.39 is 5.97 Å². The number of ether oxygens (including phenoxy) is 1. The molecule has 0 aliphatic heterocycles. The summed E-state index contributed by atoms with van der Waals surface area (Å²) in [6.07, 6.45) is 1.57. The third-order valence-corrected chi connectivity index (χ3v) is 2.25. The zero-order valence-electron chi connectivity index (χ0n) is 8.18. The van der Waals surface area contributed by atoms with Crippen LogP contribution in [0.5, 0.6) is 5.75 Å². The average molecular weight is 213 g/mol. The van der Waals surface area contributed by atoms with Crippen molar-refractivity contribution in [1.29, 1.82) is 5.26 Å². The van der Waals surface area contributed by atoms with Crippen molar-refractivity contribution >= 4 is 16.7 Å². The van der Waals surface area contributed by atoms with E-state index in [1.165, 1.54) is 6.07 Å².